The molecule has 1 aliphatic heterocycles. The summed E-state index contributed by atoms with van der Waals surface area (Å²) in [4.78, 5) is 14.0. The molecule has 1 fully saturated rings. The van der Waals surface area contributed by atoms with E-state index >= 15 is 0 Å². The molecule has 1 aliphatic rings. The minimum Gasteiger partial charge on any atom is -0.507 e. The van der Waals surface area contributed by atoms with Gasteiger partial charge in [-0.25, -0.2) is 4.79 Å². The molecule has 3 rings (SSSR count). The number of phenols is 1. The monoisotopic (exact) mass is 438 g/mol. The van der Waals surface area contributed by atoms with Crippen LogP contribution < -0.4 is 21.9 Å². The second-order valence-electron chi connectivity index (χ2n) is 7.69. The number of hydrogen-bond acceptors (Lipinski definition) is 8. The van der Waals surface area contributed by atoms with Crippen LogP contribution in [0.3, 0.4) is 0 Å². The molecule has 0 aliphatic carbocycles. The lowest BCUT2D eigenvalue weighted by atomic mass is 9.89. The number of carbonyl (C=O) groups is 1. The zero-order valence-corrected chi connectivity index (χ0v) is 18.4. The van der Waals surface area contributed by atoms with Gasteiger partial charge in [-0.2, -0.15) is 0 Å². The Kier molecular flexibility index (Phi) is 7.14. The second kappa shape index (κ2) is 10.00. The van der Waals surface area contributed by atoms with Gasteiger partial charge in [-0.15, -0.1) is 0 Å². The Labute approximate surface area is 187 Å². The number of allylic oxidation sites excluding steroid dienone is 1. The highest BCUT2D eigenvalue weighted by atomic mass is 16.5. The number of aromatic hydroxyl groups is 1. The predicted octanol–water partition coefficient (Wildman–Crippen LogP) is 2.45. The SMILES string of the molecule is COC(=O)c1ccc(C2CCCN(C(/C=C(\N)c3ccccc3O)=C(N)N)C2)c(OC)c1. The van der Waals surface area contributed by atoms with E-state index in [0.717, 1.165) is 24.9 Å². The number of carbonyl (C=O) groups excluding carboxylic acids is 1. The van der Waals surface area contributed by atoms with E-state index in [-0.39, 0.29) is 17.5 Å². The maximum Gasteiger partial charge on any atom is 0.337 e. The third-order valence-corrected chi connectivity index (χ3v) is 5.66. The fraction of sp³-hybridized carbons (Fsp3) is 0.292. The summed E-state index contributed by atoms with van der Waals surface area (Å²) >= 11 is 0. The molecule has 0 bridgehead atoms. The largest absolute Gasteiger partial charge is 0.507 e. The summed E-state index contributed by atoms with van der Waals surface area (Å²) in [5.74, 6) is 0.598. The lowest BCUT2D eigenvalue weighted by Crippen LogP contribution is -2.36. The highest BCUT2D eigenvalue weighted by Crippen LogP contribution is 2.35. The molecule has 0 saturated carbocycles. The number of ether oxygens (including phenoxy) is 2. The van der Waals surface area contributed by atoms with Gasteiger partial charge in [-0.3, -0.25) is 0 Å². The van der Waals surface area contributed by atoms with Gasteiger partial charge in [0.1, 0.15) is 17.3 Å². The molecule has 32 heavy (non-hydrogen) atoms. The minimum atomic E-state index is -0.411. The van der Waals surface area contributed by atoms with Gasteiger partial charge in [0.2, 0.25) is 0 Å². The zero-order valence-electron chi connectivity index (χ0n) is 18.4. The molecule has 0 aromatic heterocycles. The molecule has 0 spiro atoms. The fourth-order valence-corrected chi connectivity index (χ4v) is 4.04. The number of para-hydroxylation sites is 1. The summed E-state index contributed by atoms with van der Waals surface area (Å²) in [6.45, 7) is 1.41. The third kappa shape index (κ3) is 4.91. The van der Waals surface area contributed by atoms with Crippen LogP contribution in [-0.2, 0) is 4.74 Å². The average Bonchev–Trinajstić information content (AvgIpc) is 2.81. The first-order valence-corrected chi connectivity index (χ1v) is 10.4. The topological polar surface area (TPSA) is 137 Å². The molecule has 170 valence electrons. The molecular weight excluding hydrogens is 408 g/mol. The fourth-order valence-electron chi connectivity index (χ4n) is 4.04. The number of nitrogens with zero attached hydrogens (tertiary/aromatic N) is 1. The van der Waals surface area contributed by atoms with E-state index in [0.29, 0.717) is 34.8 Å². The maximum atomic E-state index is 11.9. The van der Waals surface area contributed by atoms with E-state index in [4.69, 9.17) is 26.7 Å². The van der Waals surface area contributed by atoms with Crippen molar-refractivity contribution < 1.29 is 19.4 Å². The molecule has 0 radical (unpaired) electrons. The molecular formula is C24H30N4O4. The van der Waals surface area contributed by atoms with Crippen LogP contribution in [0.15, 0.2) is 60.1 Å². The van der Waals surface area contributed by atoms with Gasteiger partial charge in [0.25, 0.3) is 0 Å². The van der Waals surface area contributed by atoms with E-state index in [1.165, 1.54) is 7.11 Å². The molecule has 2 aromatic carbocycles. The van der Waals surface area contributed by atoms with Crippen molar-refractivity contribution in [3.05, 3.63) is 76.7 Å². The van der Waals surface area contributed by atoms with Crippen LogP contribution in [0.1, 0.15) is 40.2 Å². The number of esters is 1. The maximum absolute atomic E-state index is 11.9. The van der Waals surface area contributed by atoms with Crippen LogP contribution in [0, 0.1) is 0 Å². The predicted molar refractivity (Wildman–Crippen MR) is 124 cm³/mol. The summed E-state index contributed by atoms with van der Waals surface area (Å²) in [7, 11) is 2.93. The van der Waals surface area contributed by atoms with Gasteiger partial charge in [-0.1, -0.05) is 18.2 Å². The number of piperidine rings is 1. The van der Waals surface area contributed by atoms with Crippen LogP contribution in [0.5, 0.6) is 11.5 Å². The minimum absolute atomic E-state index is 0.0862. The molecule has 7 N–H and O–H groups in total. The van der Waals surface area contributed by atoms with Crippen molar-refractivity contribution in [3.63, 3.8) is 0 Å². The summed E-state index contributed by atoms with van der Waals surface area (Å²) < 4.78 is 10.4. The molecule has 2 aromatic rings. The van der Waals surface area contributed by atoms with Gasteiger partial charge >= 0.3 is 5.97 Å². The third-order valence-electron chi connectivity index (χ3n) is 5.66. The van der Waals surface area contributed by atoms with Gasteiger partial charge in [0.15, 0.2) is 0 Å². The van der Waals surface area contributed by atoms with E-state index in [2.05, 4.69) is 4.90 Å². The second-order valence-corrected chi connectivity index (χ2v) is 7.69. The number of phenolic OH excluding ortho intramolecular Hbond substituents is 1. The molecule has 8 heteroatoms. The smallest absolute Gasteiger partial charge is 0.337 e. The summed E-state index contributed by atoms with van der Waals surface area (Å²) in [6.07, 6.45) is 3.55. The van der Waals surface area contributed by atoms with Crippen molar-refractivity contribution in [3.8, 4) is 11.5 Å². The summed E-state index contributed by atoms with van der Waals surface area (Å²) in [5.41, 5.74) is 21.2. The van der Waals surface area contributed by atoms with Crippen molar-refractivity contribution in [2.45, 2.75) is 18.8 Å². The highest BCUT2D eigenvalue weighted by molar-refractivity contribution is 5.90. The highest BCUT2D eigenvalue weighted by Gasteiger charge is 2.26. The van der Waals surface area contributed by atoms with Crippen LogP contribution in [0.25, 0.3) is 5.70 Å². The van der Waals surface area contributed by atoms with Crippen molar-refractivity contribution in [2.75, 3.05) is 27.3 Å². The summed E-state index contributed by atoms with van der Waals surface area (Å²) in [5, 5.41) is 10.1. The summed E-state index contributed by atoms with van der Waals surface area (Å²) in [6, 6.07) is 12.2. The Morgan fingerprint density at radius 3 is 2.56 bits per heavy atom. The molecule has 0 amide bonds. The lowest BCUT2D eigenvalue weighted by molar-refractivity contribution is 0.0600. The molecule has 1 saturated heterocycles. The van der Waals surface area contributed by atoms with Crippen LogP contribution in [-0.4, -0.2) is 43.3 Å². The van der Waals surface area contributed by atoms with Crippen LogP contribution in [0.2, 0.25) is 0 Å². The molecule has 8 nitrogen and oxygen atoms in total. The first kappa shape index (κ1) is 22.9. The number of methoxy groups -OCH3 is 2. The van der Waals surface area contributed by atoms with Gasteiger partial charge < -0.3 is 36.7 Å². The van der Waals surface area contributed by atoms with E-state index < -0.39 is 5.97 Å². The van der Waals surface area contributed by atoms with Crippen molar-refractivity contribution >= 4 is 11.7 Å². The van der Waals surface area contributed by atoms with Crippen LogP contribution in [0.4, 0.5) is 0 Å². The van der Waals surface area contributed by atoms with E-state index in [1.807, 2.05) is 6.07 Å². The Morgan fingerprint density at radius 2 is 1.91 bits per heavy atom. The van der Waals surface area contributed by atoms with Gasteiger partial charge in [0.05, 0.1) is 25.5 Å². The number of nitrogens with two attached hydrogens (primary N) is 3. The lowest BCUT2D eigenvalue weighted by Gasteiger charge is -2.36. The first-order chi connectivity index (χ1) is 15.3. The Bertz CT molecular complexity index is 1040. The number of likely N-dealkylation sites (tertiary alicyclic amines) is 1. The first-order valence-electron chi connectivity index (χ1n) is 10.4. The van der Waals surface area contributed by atoms with Gasteiger partial charge in [-0.05, 0) is 48.7 Å². The zero-order chi connectivity index (χ0) is 23.3. The van der Waals surface area contributed by atoms with Gasteiger partial charge in [0, 0.05) is 30.3 Å². The normalized spacial score (nSPS) is 16.4. The Balaban J connectivity index is 1.89. The molecule has 1 atom stereocenters. The van der Waals surface area contributed by atoms with Crippen molar-refractivity contribution in [2.24, 2.45) is 17.2 Å². The standard InChI is InChI=1S/C24H30N4O4/c1-31-22-12-15(24(30)32-2)9-10-17(22)16-6-5-11-28(14-16)20(23(26)27)13-19(25)18-7-3-4-8-21(18)29/h3-4,7-10,12-13,16,29H,5-6,11,14,25-27H2,1-2H3/b19-13-. The van der Waals surface area contributed by atoms with E-state index in [1.54, 1.807) is 49.6 Å². The number of benzene rings is 2. The molecule has 1 heterocycles. The Hall–Kier alpha value is -3.81. The number of hydrogen-bond donors (Lipinski definition) is 4. The van der Waals surface area contributed by atoms with E-state index in [9.17, 15) is 9.90 Å². The Morgan fingerprint density at radius 1 is 1.16 bits per heavy atom. The average molecular weight is 439 g/mol. The van der Waals surface area contributed by atoms with Crippen molar-refractivity contribution in [1.29, 1.82) is 0 Å². The molecule has 1 unspecified atom stereocenters. The quantitative estimate of drug-likeness (QED) is 0.399. The van der Waals surface area contributed by atoms with Crippen LogP contribution >= 0.6 is 0 Å². The number of rotatable bonds is 6. The van der Waals surface area contributed by atoms with Crippen molar-refractivity contribution in [1.82, 2.24) is 4.90 Å².